The number of hydrogen-bond acceptors (Lipinski definition) is 5. The highest BCUT2D eigenvalue weighted by molar-refractivity contribution is 6.52. The lowest BCUT2D eigenvalue weighted by atomic mass is 9.79. The van der Waals surface area contributed by atoms with Crippen LogP contribution in [0.3, 0.4) is 0 Å². The third kappa shape index (κ3) is 2.01. The van der Waals surface area contributed by atoms with Gasteiger partial charge in [-0.3, -0.25) is 9.59 Å². The van der Waals surface area contributed by atoms with E-state index in [0.717, 1.165) is 0 Å². The first-order valence-electron chi connectivity index (χ1n) is 6.07. The van der Waals surface area contributed by atoms with E-state index in [4.69, 9.17) is 9.94 Å². The Morgan fingerprint density at radius 1 is 1.42 bits per heavy atom. The molecular formula is C14H15NO4. The summed E-state index contributed by atoms with van der Waals surface area (Å²) in [7, 11) is 0. The van der Waals surface area contributed by atoms with E-state index in [1.807, 2.05) is 0 Å². The second kappa shape index (κ2) is 4.84. The molecule has 0 spiro atoms. The minimum absolute atomic E-state index is 0.0123. The number of fused-ring (bicyclic) bond motifs is 1. The highest BCUT2D eigenvalue weighted by Crippen LogP contribution is 2.39. The Morgan fingerprint density at radius 3 is 2.74 bits per heavy atom. The number of ketones is 1. The van der Waals surface area contributed by atoms with Crippen molar-refractivity contribution in [3.63, 3.8) is 0 Å². The summed E-state index contributed by atoms with van der Waals surface area (Å²) in [6.07, 6.45) is -0.0248. The molecule has 1 aromatic carbocycles. The van der Waals surface area contributed by atoms with E-state index in [2.05, 4.69) is 5.16 Å². The molecule has 1 aliphatic carbocycles. The first-order chi connectivity index (χ1) is 9.04. The summed E-state index contributed by atoms with van der Waals surface area (Å²) >= 11 is 0. The highest BCUT2D eigenvalue weighted by Gasteiger charge is 2.48. The predicted molar refractivity (Wildman–Crippen MR) is 68.6 cm³/mol. The lowest BCUT2D eigenvalue weighted by Crippen LogP contribution is -2.34. The first-order valence-corrected chi connectivity index (χ1v) is 6.07. The van der Waals surface area contributed by atoms with Gasteiger partial charge in [-0.25, -0.2) is 0 Å². The van der Waals surface area contributed by atoms with Crippen molar-refractivity contribution >= 4 is 17.5 Å². The molecule has 1 aliphatic rings. The average Bonchev–Trinajstić information content (AvgIpc) is 2.59. The molecule has 0 aromatic heterocycles. The summed E-state index contributed by atoms with van der Waals surface area (Å²) in [5.74, 6) is -0.763. The topological polar surface area (TPSA) is 76.0 Å². The first kappa shape index (κ1) is 13.3. The maximum absolute atomic E-state index is 12.1. The van der Waals surface area contributed by atoms with Crippen LogP contribution in [0.15, 0.2) is 29.4 Å². The van der Waals surface area contributed by atoms with Gasteiger partial charge in [0.05, 0.1) is 18.4 Å². The fraction of sp³-hybridized carbons (Fsp3) is 0.357. The normalized spacial score (nSPS) is 23.5. The molecule has 0 saturated heterocycles. The minimum atomic E-state index is -0.936. The van der Waals surface area contributed by atoms with E-state index in [1.54, 1.807) is 38.1 Å². The molecule has 0 aliphatic heterocycles. The van der Waals surface area contributed by atoms with Gasteiger partial charge >= 0.3 is 5.97 Å². The van der Waals surface area contributed by atoms with Gasteiger partial charge < -0.3 is 9.94 Å². The number of oxime groups is 1. The van der Waals surface area contributed by atoms with Crippen LogP contribution in [0.1, 0.15) is 36.2 Å². The zero-order chi connectivity index (χ0) is 14.0. The van der Waals surface area contributed by atoms with Crippen molar-refractivity contribution in [1.29, 1.82) is 0 Å². The molecule has 19 heavy (non-hydrogen) atoms. The van der Waals surface area contributed by atoms with Crippen molar-refractivity contribution in [1.82, 2.24) is 0 Å². The third-order valence-electron chi connectivity index (χ3n) is 3.41. The van der Waals surface area contributed by atoms with Gasteiger partial charge in [0, 0.05) is 5.56 Å². The van der Waals surface area contributed by atoms with Crippen LogP contribution in [0.25, 0.3) is 0 Å². The monoisotopic (exact) mass is 261 g/mol. The van der Waals surface area contributed by atoms with Crippen molar-refractivity contribution in [3.8, 4) is 0 Å². The van der Waals surface area contributed by atoms with E-state index < -0.39 is 11.4 Å². The van der Waals surface area contributed by atoms with Crippen LogP contribution in [0.4, 0.5) is 0 Å². The standard InChI is InChI=1S/C14H15NO4/c1-3-19-11(16)8-14(2)10-7-5-4-6-9(10)12(17)13(14)15-18/h4-7,18H,3,8H2,1-2H3. The zero-order valence-electron chi connectivity index (χ0n) is 10.8. The number of ether oxygens (including phenoxy) is 1. The maximum Gasteiger partial charge on any atom is 0.307 e. The fourth-order valence-corrected chi connectivity index (χ4v) is 2.50. The largest absolute Gasteiger partial charge is 0.466 e. The van der Waals surface area contributed by atoms with Crippen molar-refractivity contribution in [2.75, 3.05) is 6.61 Å². The van der Waals surface area contributed by atoms with Crippen molar-refractivity contribution in [3.05, 3.63) is 35.4 Å². The summed E-state index contributed by atoms with van der Waals surface area (Å²) < 4.78 is 4.93. The molecular weight excluding hydrogens is 246 g/mol. The molecule has 0 heterocycles. The van der Waals surface area contributed by atoms with Crippen molar-refractivity contribution in [2.45, 2.75) is 25.7 Å². The fourth-order valence-electron chi connectivity index (χ4n) is 2.50. The predicted octanol–water partition coefficient (Wildman–Crippen LogP) is 1.92. The Hall–Kier alpha value is -2.17. The second-order valence-electron chi connectivity index (χ2n) is 4.64. The summed E-state index contributed by atoms with van der Waals surface area (Å²) in [6.45, 7) is 3.70. The number of hydrogen-bond donors (Lipinski definition) is 1. The molecule has 2 rings (SSSR count). The van der Waals surface area contributed by atoms with Crippen LogP contribution >= 0.6 is 0 Å². The van der Waals surface area contributed by atoms with Crippen LogP contribution in [-0.4, -0.2) is 29.3 Å². The number of carbonyl (C=O) groups is 2. The molecule has 0 radical (unpaired) electrons. The van der Waals surface area contributed by atoms with Crippen molar-refractivity contribution in [2.24, 2.45) is 5.16 Å². The van der Waals surface area contributed by atoms with E-state index in [0.29, 0.717) is 11.1 Å². The number of carbonyl (C=O) groups excluding carboxylic acids is 2. The molecule has 1 atom stereocenters. The number of rotatable bonds is 3. The molecule has 5 nitrogen and oxygen atoms in total. The van der Waals surface area contributed by atoms with Crippen molar-refractivity contribution < 1.29 is 19.5 Å². The van der Waals surface area contributed by atoms with E-state index in [1.165, 1.54) is 0 Å². The minimum Gasteiger partial charge on any atom is -0.466 e. The Kier molecular flexibility index (Phi) is 3.38. The number of esters is 1. The summed E-state index contributed by atoms with van der Waals surface area (Å²) in [6, 6.07) is 6.96. The number of nitrogens with zero attached hydrogens (tertiary/aromatic N) is 1. The molecule has 0 fully saturated rings. The molecule has 1 N–H and O–H groups in total. The summed E-state index contributed by atoms with van der Waals surface area (Å²) in [5, 5.41) is 12.2. The SMILES string of the molecule is CCOC(=O)CC1(C)C(=NO)C(=O)c2ccccc21. The average molecular weight is 261 g/mol. The van der Waals surface area contributed by atoms with Crippen LogP contribution in [0.2, 0.25) is 0 Å². The van der Waals surface area contributed by atoms with Crippen LogP contribution < -0.4 is 0 Å². The smallest absolute Gasteiger partial charge is 0.307 e. The van der Waals surface area contributed by atoms with E-state index in [9.17, 15) is 9.59 Å². The van der Waals surface area contributed by atoms with Gasteiger partial charge in [0.2, 0.25) is 5.78 Å². The van der Waals surface area contributed by atoms with Crippen LogP contribution in [0.5, 0.6) is 0 Å². The molecule has 0 bridgehead atoms. The lowest BCUT2D eigenvalue weighted by molar-refractivity contribution is -0.143. The van der Waals surface area contributed by atoms with Crippen LogP contribution in [-0.2, 0) is 14.9 Å². The molecule has 100 valence electrons. The molecule has 1 unspecified atom stereocenters. The highest BCUT2D eigenvalue weighted by atomic mass is 16.5. The molecule has 0 saturated carbocycles. The molecule has 5 heteroatoms. The number of Topliss-reactive ketones (excluding diaryl/α,β-unsaturated/α-hetero) is 1. The molecule has 0 amide bonds. The van der Waals surface area contributed by atoms with Gasteiger partial charge in [-0.2, -0.15) is 0 Å². The van der Waals surface area contributed by atoms with Gasteiger partial charge in [-0.15, -0.1) is 0 Å². The van der Waals surface area contributed by atoms with E-state index >= 15 is 0 Å². The van der Waals surface area contributed by atoms with Gasteiger partial charge in [-0.1, -0.05) is 29.4 Å². The quantitative estimate of drug-likeness (QED) is 0.512. The van der Waals surface area contributed by atoms with Gasteiger partial charge in [0.15, 0.2) is 0 Å². The Bertz CT molecular complexity index is 564. The van der Waals surface area contributed by atoms with Crippen LogP contribution in [0, 0.1) is 0 Å². The summed E-state index contributed by atoms with van der Waals surface area (Å²) in [4.78, 5) is 23.9. The summed E-state index contributed by atoms with van der Waals surface area (Å²) in [5.41, 5.74) is 0.221. The maximum atomic E-state index is 12.1. The third-order valence-corrected chi connectivity index (χ3v) is 3.41. The lowest BCUT2D eigenvalue weighted by Gasteiger charge is -2.23. The Balaban J connectivity index is 2.48. The van der Waals surface area contributed by atoms with Gasteiger partial charge in [0.1, 0.15) is 5.71 Å². The van der Waals surface area contributed by atoms with Gasteiger partial charge in [-0.05, 0) is 19.4 Å². The Labute approximate surface area is 110 Å². The van der Waals surface area contributed by atoms with E-state index in [-0.39, 0.29) is 24.5 Å². The second-order valence-corrected chi connectivity index (χ2v) is 4.64. The van der Waals surface area contributed by atoms with Gasteiger partial charge in [0.25, 0.3) is 0 Å². The number of benzene rings is 1. The molecule has 1 aromatic rings. The Morgan fingerprint density at radius 2 is 2.11 bits per heavy atom. The zero-order valence-corrected chi connectivity index (χ0v) is 10.8.